The fraction of sp³-hybridized carbons (Fsp3) is 0.450. The Kier molecular flexibility index (Phi) is 4.32. The van der Waals surface area contributed by atoms with Gasteiger partial charge < -0.3 is 9.32 Å². The first-order valence-corrected chi connectivity index (χ1v) is 8.92. The van der Waals surface area contributed by atoms with Crippen LogP contribution in [0.2, 0.25) is 0 Å². The second-order valence-corrected chi connectivity index (χ2v) is 7.07. The number of furan rings is 1. The Morgan fingerprint density at radius 1 is 1.12 bits per heavy atom. The van der Waals surface area contributed by atoms with Crippen molar-refractivity contribution in [2.75, 3.05) is 0 Å². The Balaban J connectivity index is 1.55. The molecule has 0 saturated heterocycles. The van der Waals surface area contributed by atoms with Gasteiger partial charge in [0.2, 0.25) is 5.91 Å². The van der Waals surface area contributed by atoms with E-state index in [9.17, 15) is 13.6 Å². The van der Waals surface area contributed by atoms with Gasteiger partial charge in [-0.05, 0) is 43.5 Å². The fourth-order valence-electron chi connectivity index (χ4n) is 3.95. The summed E-state index contributed by atoms with van der Waals surface area (Å²) in [4.78, 5) is 14.8. The molecule has 0 spiro atoms. The molecular formula is C20H21F2NO2. The van der Waals surface area contributed by atoms with Crippen LogP contribution in [0.4, 0.5) is 8.78 Å². The Bertz CT molecular complexity index is 733. The maximum Gasteiger partial charge on any atom is 0.226 e. The number of carbonyl (C=O) groups is 1. The number of halogens is 2. The molecule has 0 N–H and O–H groups in total. The largest absolute Gasteiger partial charge is 0.469 e. The molecule has 1 heterocycles. The summed E-state index contributed by atoms with van der Waals surface area (Å²) in [7, 11) is 0. The second-order valence-electron chi connectivity index (χ2n) is 7.07. The van der Waals surface area contributed by atoms with E-state index in [1.807, 2.05) is 12.1 Å². The average Bonchev–Trinajstić information content (AvgIpc) is 3.03. The van der Waals surface area contributed by atoms with Gasteiger partial charge in [0.15, 0.2) is 0 Å². The normalized spacial score (nSPS) is 23.0. The van der Waals surface area contributed by atoms with Crippen molar-refractivity contribution in [2.24, 2.45) is 5.92 Å². The monoisotopic (exact) mass is 345 g/mol. The lowest BCUT2D eigenvalue weighted by Crippen LogP contribution is -2.40. The lowest BCUT2D eigenvalue weighted by Gasteiger charge is -2.30. The van der Waals surface area contributed by atoms with Crippen LogP contribution in [0, 0.1) is 17.6 Å². The number of rotatable bonds is 5. The van der Waals surface area contributed by atoms with E-state index in [4.69, 9.17) is 4.42 Å². The summed E-state index contributed by atoms with van der Waals surface area (Å²) < 4.78 is 33.6. The lowest BCUT2D eigenvalue weighted by atomic mass is 10.1. The summed E-state index contributed by atoms with van der Waals surface area (Å²) in [6.45, 7) is 0.00335. The van der Waals surface area contributed by atoms with E-state index in [-0.39, 0.29) is 35.9 Å². The van der Waals surface area contributed by atoms with Gasteiger partial charge >= 0.3 is 0 Å². The standard InChI is InChI=1S/C20H21F2NO2/c21-17-7-3-8-18(22)16(17)12-23(13-5-1-2-6-13)20(24)15-11-14(15)19-9-4-10-25-19/h3-4,7-10,13-15H,1-2,5-6,11-12H2. The van der Waals surface area contributed by atoms with Gasteiger partial charge in [0.25, 0.3) is 0 Å². The molecule has 2 atom stereocenters. The minimum absolute atomic E-state index is 0.00335. The van der Waals surface area contributed by atoms with Gasteiger partial charge in [-0.1, -0.05) is 18.9 Å². The summed E-state index contributed by atoms with van der Waals surface area (Å²) in [6, 6.07) is 7.62. The van der Waals surface area contributed by atoms with Crippen LogP contribution < -0.4 is 0 Å². The topological polar surface area (TPSA) is 33.5 Å². The first-order valence-electron chi connectivity index (χ1n) is 8.92. The zero-order valence-corrected chi connectivity index (χ0v) is 14.0. The maximum absolute atomic E-state index is 14.1. The first kappa shape index (κ1) is 16.3. The Morgan fingerprint density at radius 2 is 1.84 bits per heavy atom. The zero-order chi connectivity index (χ0) is 17.4. The fourth-order valence-corrected chi connectivity index (χ4v) is 3.95. The van der Waals surface area contributed by atoms with Crippen LogP contribution in [0.5, 0.6) is 0 Å². The van der Waals surface area contributed by atoms with Crippen LogP contribution in [0.1, 0.15) is 49.3 Å². The van der Waals surface area contributed by atoms with Crippen molar-refractivity contribution < 1.29 is 18.0 Å². The minimum Gasteiger partial charge on any atom is -0.469 e. The number of carbonyl (C=O) groups excluding carboxylic acids is 1. The van der Waals surface area contributed by atoms with Gasteiger partial charge in [0, 0.05) is 23.4 Å². The van der Waals surface area contributed by atoms with Crippen molar-refractivity contribution in [1.29, 1.82) is 0 Å². The smallest absolute Gasteiger partial charge is 0.226 e. The van der Waals surface area contributed by atoms with Gasteiger partial charge in [-0.3, -0.25) is 4.79 Å². The molecular weight excluding hydrogens is 324 g/mol. The number of nitrogens with zero attached hydrogens (tertiary/aromatic N) is 1. The van der Waals surface area contributed by atoms with Crippen molar-refractivity contribution in [3.63, 3.8) is 0 Å². The highest BCUT2D eigenvalue weighted by atomic mass is 19.1. The quantitative estimate of drug-likeness (QED) is 0.791. The summed E-state index contributed by atoms with van der Waals surface area (Å²) in [6.07, 6.45) is 6.27. The molecule has 0 radical (unpaired) electrons. The van der Waals surface area contributed by atoms with E-state index >= 15 is 0 Å². The molecule has 1 aromatic heterocycles. The van der Waals surface area contributed by atoms with E-state index in [1.54, 1.807) is 11.2 Å². The van der Waals surface area contributed by atoms with Gasteiger partial charge in [-0.2, -0.15) is 0 Å². The number of hydrogen-bond donors (Lipinski definition) is 0. The molecule has 25 heavy (non-hydrogen) atoms. The molecule has 0 bridgehead atoms. The second kappa shape index (κ2) is 6.62. The minimum atomic E-state index is -0.589. The van der Waals surface area contributed by atoms with Gasteiger partial charge in [0.05, 0.1) is 12.8 Å². The summed E-state index contributed by atoms with van der Waals surface area (Å²) in [5, 5.41) is 0. The van der Waals surface area contributed by atoms with Crippen LogP contribution in [0.15, 0.2) is 41.0 Å². The molecule has 1 amide bonds. The molecule has 2 saturated carbocycles. The van der Waals surface area contributed by atoms with E-state index in [1.165, 1.54) is 18.2 Å². The van der Waals surface area contributed by atoms with Crippen molar-refractivity contribution in [3.8, 4) is 0 Å². The molecule has 2 unspecified atom stereocenters. The van der Waals surface area contributed by atoms with E-state index in [2.05, 4.69) is 0 Å². The molecule has 5 heteroatoms. The van der Waals surface area contributed by atoms with Gasteiger partial charge in [-0.15, -0.1) is 0 Å². The molecule has 2 aliphatic carbocycles. The van der Waals surface area contributed by atoms with Crippen molar-refractivity contribution in [1.82, 2.24) is 4.90 Å². The maximum atomic E-state index is 14.1. The third kappa shape index (κ3) is 3.20. The van der Waals surface area contributed by atoms with Crippen LogP contribution >= 0.6 is 0 Å². The van der Waals surface area contributed by atoms with Crippen molar-refractivity contribution in [2.45, 2.75) is 50.6 Å². The highest BCUT2D eigenvalue weighted by Crippen LogP contribution is 2.49. The number of amides is 1. The van der Waals surface area contributed by atoms with Gasteiger partial charge in [0.1, 0.15) is 17.4 Å². The van der Waals surface area contributed by atoms with E-state index in [0.29, 0.717) is 0 Å². The molecule has 2 aromatic rings. The van der Waals surface area contributed by atoms with Crippen LogP contribution in [0.25, 0.3) is 0 Å². The van der Waals surface area contributed by atoms with Gasteiger partial charge in [-0.25, -0.2) is 8.78 Å². The van der Waals surface area contributed by atoms with Crippen LogP contribution in [0.3, 0.4) is 0 Å². The predicted molar refractivity (Wildman–Crippen MR) is 88.7 cm³/mol. The van der Waals surface area contributed by atoms with E-state index < -0.39 is 11.6 Å². The molecule has 3 nitrogen and oxygen atoms in total. The van der Waals surface area contributed by atoms with Crippen LogP contribution in [-0.2, 0) is 11.3 Å². The number of hydrogen-bond acceptors (Lipinski definition) is 2. The molecule has 1 aromatic carbocycles. The third-order valence-corrected chi connectivity index (χ3v) is 5.45. The third-order valence-electron chi connectivity index (χ3n) is 5.45. The summed E-state index contributed by atoms with van der Waals surface area (Å²) >= 11 is 0. The van der Waals surface area contributed by atoms with Crippen molar-refractivity contribution >= 4 is 5.91 Å². The zero-order valence-electron chi connectivity index (χ0n) is 14.0. The highest BCUT2D eigenvalue weighted by Gasteiger charge is 2.48. The molecule has 0 aliphatic heterocycles. The predicted octanol–water partition coefficient (Wildman–Crippen LogP) is 4.63. The summed E-state index contributed by atoms with van der Waals surface area (Å²) in [5.41, 5.74) is -0.0158. The molecule has 132 valence electrons. The Labute approximate surface area is 145 Å². The van der Waals surface area contributed by atoms with Crippen molar-refractivity contribution in [3.05, 3.63) is 59.6 Å². The summed E-state index contributed by atoms with van der Waals surface area (Å²) in [5.74, 6) is -0.403. The SMILES string of the molecule is O=C(C1CC1c1ccco1)N(Cc1c(F)cccc1F)C1CCCC1. The molecule has 2 aliphatic rings. The molecule has 4 rings (SSSR count). The number of benzene rings is 1. The lowest BCUT2D eigenvalue weighted by molar-refractivity contribution is -0.135. The van der Waals surface area contributed by atoms with Crippen LogP contribution in [-0.4, -0.2) is 16.8 Å². The Morgan fingerprint density at radius 3 is 2.48 bits per heavy atom. The Hall–Kier alpha value is -2.17. The average molecular weight is 345 g/mol. The van der Waals surface area contributed by atoms with E-state index in [0.717, 1.165) is 37.9 Å². The highest BCUT2D eigenvalue weighted by molar-refractivity contribution is 5.83. The molecule has 2 fully saturated rings. The first-order chi connectivity index (χ1) is 12.1.